The van der Waals surface area contributed by atoms with E-state index in [0.717, 1.165) is 24.9 Å². The Balaban J connectivity index is 2.58. The fourth-order valence-corrected chi connectivity index (χ4v) is 2.08. The first-order valence-corrected chi connectivity index (χ1v) is 5.36. The molecular weight excluding hydrogens is 204 g/mol. The van der Waals surface area contributed by atoms with Crippen LogP contribution in [0.5, 0.6) is 5.75 Å². The van der Waals surface area contributed by atoms with Gasteiger partial charge in [0.05, 0.1) is 18.4 Å². The molecule has 0 atom stereocenters. The maximum absolute atomic E-state index is 12.1. The molecule has 1 heterocycles. The second kappa shape index (κ2) is 4.04. The van der Waals surface area contributed by atoms with Crippen molar-refractivity contribution in [2.75, 3.05) is 26.4 Å². The smallest absolute Gasteiger partial charge is 0.256 e. The van der Waals surface area contributed by atoms with Crippen LogP contribution in [0.3, 0.4) is 0 Å². The van der Waals surface area contributed by atoms with E-state index in [4.69, 9.17) is 10.5 Å². The molecule has 4 nitrogen and oxygen atoms in total. The molecule has 0 spiro atoms. The Morgan fingerprint density at radius 3 is 2.88 bits per heavy atom. The van der Waals surface area contributed by atoms with Crippen LogP contribution < -0.4 is 10.5 Å². The molecule has 2 rings (SSSR count). The molecule has 0 fully saturated rings. The number of hydrogen-bond acceptors (Lipinski definition) is 3. The number of amides is 1. The Hall–Kier alpha value is -1.71. The minimum Gasteiger partial charge on any atom is -0.495 e. The maximum atomic E-state index is 12.1. The Kier molecular flexibility index (Phi) is 2.73. The van der Waals surface area contributed by atoms with Gasteiger partial charge in [-0.3, -0.25) is 4.79 Å². The largest absolute Gasteiger partial charge is 0.495 e. The van der Waals surface area contributed by atoms with Gasteiger partial charge < -0.3 is 15.4 Å². The Morgan fingerprint density at radius 1 is 1.44 bits per heavy atom. The average Bonchev–Trinajstić information content (AvgIpc) is 2.41. The molecule has 0 saturated heterocycles. The van der Waals surface area contributed by atoms with Crippen LogP contribution in [-0.2, 0) is 6.42 Å². The van der Waals surface area contributed by atoms with Gasteiger partial charge >= 0.3 is 0 Å². The first-order chi connectivity index (χ1) is 7.65. The number of methoxy groups -OCH3 is 1. The van der Waals surface area contributed by atoms with Crippen molar-refractivity contribution in [1.82, 2.24) is 4.90 Å². The van der Waals surface area contributed by atoms with Gasteiger partial charge in [-0.25, -0.2) is 0 Å². The molecular formula is C12H16N2O2. The number of anilines is 1. The monoisotopic (exact) mass is 220 g/mol. The molecule has 0 aromatic heterocycles. The lowest BCUT2D eigenvalue weighted by Gasteiger charge is -2.16. The van der Waals surface area contributed by atoms with Gasteiger partial charge in [-0.2, -0.15) is 0 Å². The van der Waals surface area contributed by atoms with E-state index in [1.165, 1.54) is 0 Å². The summed E-state index contributed by atoms with van der Waals surface area (Å²) in [4.78, 5) is 13.8. The number of carbonyl (C=O) groups excluding carboxylic acids is 1. The van der Waals surface area contributed by atoms with Gasteiger partial charge in [-0.15, -0.1) is 0 Å². The van der Waals surface area contributed by atoms with Gasteiger partial charge in [0.25, 0.3) is 5.91 Å². The van der Waals surface area contributed by atoms with Crippen LogP contribution in [0, 0.1) is 0 Å². The molecule has 0 bridgehead atoms. The van der Waals surface area contributed by atoms with E-state index in [1.807, 2.05) is 12.1 Å². The van der Waals surface area contributed by atoms with Crippen LogP contribution in [-0.4, -0.2) is 31.5 Å². The van der Waals surface area contributed by atoms with E-state index in [1.54, 1.807) is 19.1 Å². The zero-order chi connectivity index (χ0) is 11.7. The van der Waals surface area contributed by atoms with E-state index >= 15 is 0 Å². The van der Waals surface area contributed by atoms with Crippen molar-refractivity contribution in [2.45, 2.75) is 12.8 Å². The van der Waals surface area contributed by atoms with Crippen molar-refractivity contribution in [3.05, 3.63) is 23.3 Å². The second-order valence-corrected chi connectivity index (χ2v) is 4.05. The van der Waals surface area contributed by atoms with Crippen molar-refractivity contribution in [1.29, 1.82) is 0 Å². The molecule has 1 aliphatic heterocycles. The fourth-order valence-electron chi connectivity index (χ4n) is 2.08. The van der Waals surface area contributed by atoms with Crippen molar-refractivity contribution >= 4 is 11.6 Å². The predicted octanol–water partition coefficient (Wildman–Crippen LogP) is 1.30. The van der Waals surface area contributed by atoms with E-state index in [2.05, 4.69) is 0 Å². The zero-order valence-electron chi connectivity index (χ0n) is 9.62. The van der Waals surface area contributed by atoms with Gasteiger partial charge in [0.15, 0.2) is 0 Å². The summed E-state index contributed by atoms with van der Waals surface area (Å²) in [6.07, 6.45) is 1.86. The van der Waals surface area contributed by atoms with E-state index in [-0.39, 0.29) is 5.91 Å². The summed E-state index contributed by atoms with van der Waals surface area (Å²) in [6.45, 7) is 0.773. The van der Waals surface area contributed by atoms with E-state index in [9.17, 15) is 4.79 Å². The minimum absolute atomic E-state index is 0.0103. The van der Waals surface area contributed by atoms with Gasteiger partial charge in [-0.05, 0) is 24.5 Å². The number of nitrogens with zero attached hydrogens (tertiary/aromatic N) is 1. The van der Waals surface area contributed by atoms with Crippen LogP contribution >= 0.6 is 0 Å². The Bertz CT molecular complexity index is 429. The maximum Gasteiger partial charge on any atom is 0.256 e. The number of aryl methyl sites for hydroxylation is 1. The summed E-state index contributed by atoms with van der Waals surface area (Å²) in [6, 6.07) is 3.76. The molecule has 1 aromatic carbocycles. The Morgan fingerprint density at radius 2 is 2.19 bits per heavy atom. The van der Waals surface area contributed by atoms with Crippen molar-refractivity contribution < 1.29 is 9.53 Å². The highest BCUT2D eigenvalue weighted by Crippen LogP contribution is 2.31. The molecule has 16 heavy (non-hydrogen) atoms. The number of nitrogen functional groups attached to an aromatic ring is 1. The van der Waals surface area contributed by atoms with Gasteiger partial charge in [0, 0.05) is 13.6 Å². The third kappa shape index (κ3) is 1.60. The zero-order valence-corrected chi connectivity index (χ0v) is 9.62. The second-order valence-electron chi connectivity index (χ2n) is 4.05. The van der Waals surface area contributed by atoms with Crippen LogP contribution in [0.2, 0.25) is 0 Å². The van der Waals surface area contributed by atoms with Gasteiger partial charge in [0.2, 0.25) is 0 Å². The highest BCUT2D eigenvalue weighted by atomic mass is 16.5. The minimum atomic E-state index is -0.0103. The number of benzene rings is 1. The van der Waals surface area contributed by atoms with Crippen LogP contribution in [0.15, 0.2) is 12.1 Å². The SMILES string of the molecule is COc1ccc2c(c1N)C(=O)N(C)CCC2. The summed E-state index contributed by atoms with van der Waals surface area (Å²) in [5, 5.41) is 0. The van der Waals surface area contributed by atoms with Crippen molar-refractivity contribution in [3.8, 4) is 5.75 Å². The molecule has 1 aromatic rings. The molecule has 4 heteroatoms. The highest BCUT2D eigenvalue weighted by molar-refractivity contribution is 6.02. The summed E-state index contributed by atoms with van der Waals surface area (Å²) < 4.78 is 5.14. The molecule has 1 aliphatic rings. The van der Waals surface area contributed by atoms with Crippen molar-refractivity contribution in [3.63, 3.8) is 0 Å². The van der Waals surface area contributed by atoms with Gasteiger partial charge in [-0.1, -0.05) is 6.07 Å². The standard InChI is InChI=1S/C12H16N2O2/c1-14-7-3-4-8-5-6-9(16-2)11(13)10(8)12(14)15/h5-6H,3-4,7,13H2,1-2H3. The topological polar surface area (TPSA) is 55.6 Å². The normalized spacial score (nSPS) is 15.6. The number of fused-ring (bicyclic) bond motifs is 1. The molecule has 2 N–H and O–H groups in total. The fraction of sp³-hybridized carbons (Fsp3) is 0.417. The van der Waals surface area contributed by atoms with Crippen molar-refractivity contribution in [2.24, 2.45) is 0 Å². The first kappa shape index (κ1) is 10.8. The lowest BCUT2D eigenvalue weighted by Crippen LogP contribution is -2.27. The first-order valence-electron chi connectivity index (χ1n) is 5.36. The molecule has 0 aliphatic carbocycles. The lowest BCUT2D eigenvalue weighted by atomic mass is 10.0. The number of nitrogens with two attached hydrogens (primary N) is 1. The molecule has 0 saturated carbocycles. The molecule has 86 valence electrons. The number of ether oxygens (including phenoxy) is 1. The lowest BCUT2D eigenvalue weighted by molar-refractivity contribution is 0.0801. The quantitative estimate of drug-likeness (QED) is 0.726. The third-order valence-corrected chi connectivity index (χ3v) is 3.01. The number of hydrogen-bond donors (Lipinski definition) is 1. The van der Waals surface area contributed by atoms with E-state index < -0.39 is 0 Å². The number of carbonyl (C=O) groups is 1. The van der Waals surface area contributed by atoms with Crippen LogP contribution in [0.25, 0.3) is 0 Å². The van der Waals surface area contributed by atoms with E-state index in [0.29, 0.717) is 17.0 Å². The Labute approximate surface area is 95.0 Å². The summed E-state index contributed by atoms with van der Waals surface area (Å²) in [5.74, 6) is 0.561. The summed E-state index contributed by atoms with van der Waals surface area (Å²) in [7, 11) is 3.36. The van der Waals surface area contributed by atoms with Crippen LogP contribution in [0.4, 0.5) is 5.69 Å². The molecule has 1 amide bonds. The summed E-state index contributed by atoms with van der Waals surface area (Å²) in [5.41, 5.74) is 8.05. The highest BCUT2D eigenvalue weighted by Gasteiger charge is 2.23. The average molecular weight is 220 g/mol. The number of rotatable bonds is 1. The third-order valence-electron chi connectivity index (χ3n) is 3.01. The van der Waals surface area contributed by atoms with Crippen LogP contribution in [0.1, 0.15) is 22.3 Å². The molecule has 0 radical (unpaired) electrons. The molecule has 0 unspecified atom stereocenters. The predicted molar refractivity (Wildman–Crippen MR) is 62.7 cm³/mol. The van der Waals surface area contributed by atoms with Gasteiger partial charge in [0.1, 0.15) is 5.75 Å². The summed E-state index contributed by atoms with van der Waals surface area (Å²) >= 11 is 0.